The lowest BCUT2D eigenvalue weighted by Crippen LogP contribution is -2.38. The van der Waals surface area contributed by atoms with Crippen molar-refractivity contribution in [3.8, 4) is 0 Å². The molecule has 100 valence electrons. The van der Waals surface area contributed by atoms with Crippen molar-refractivity contribution in [3.05, 3.63) is 6.07 Å². The van der Waals surface area contributed by atoms with E-state index in [4.69, 9.17) is 5.73 Å². The normalized spacial score (nSPS) is 21.7. The highest BCUT2D eigenvalue weighted by Gasteiger charge is 2.21. The summed E-state index contributed by atoms with van der Waals surface area (Å²) in [6.45, 7) is 5.39. The predicted molar refractivity (Wildman–Crippen MR) is 74.9 cm³/mol. The Hall–Kier alpha value is -1.56. The number of anilines is 3. The lowest BCUT2D eigenvalue weighted by atomic mass is 10.2. The molecule has 2 rings (SSSR count). The summed E-state index contributed by atoms with van der Waals surface area (Å²) in [4.78, 5) is 13.1. The highest BCUT2D eigenvalue weighted by molar-refractivity contribution is 5.53. The number of nitrogen functional groups attached to an aromatic ring is 1. The summed E-state index contributed by atoms with van der Waals surface area (Å²) in [6.07, 6.45) is 1.14. The van der Waals surface area contributed by atoms with E-state index in [0.29, 0.717) is 12.0 Å². The van der Waals surface area contributed by atoms with Gasteiger partial charge in [-0.05, 0) is 26.9 Å². The molecular formula is C12H22N6. The first-order valence-electron chi connectivity index (χ1n) is 6.37. The van der Waals surface area contributed by atoms with Crippen LogP contribution in [0.3, 0.4) is 0 Å². The van der Waals surface area contributed by atoms with Crippen molar-refractivity contribution in [2.45, 2.75) is 19.4 Å². The fourth-order valence-electron chi connectivity index (χ4n) is 2.44. The van der Waals surface area contributed by atoms with Crippen molar-refractivity contribution >= 4 is 17.6 Å². The lowest BCUT2D eigenvalue weighted by Gasteiger charge is -2.29. The second-order valence-corrected chi connectivity index (χ2v) is 4.88. The van der Waals surface area contributed by atoms with Crippen LogP contribution in [-0.4, -0.2) is 54.6 Å². The minimum absolute atomic E-state index is 0.321. The number of rotatable bonds is 2. The summed E-state index contributed by atoms with van der Waals surface area (Å²) in [5.41, 5.74) is 5.75. The molecule has 3 N–H and O–H groups in total. The number of nitrogens with two attached hydrogens (primary N) is 1. The number of hydrogen-bond donors (Lipinski definition) is 2. The molecule has 0 radical (unpaired) electrons. The second kappa shape index (κ2) is 5.39. The van der Waals surface area contributed by atoms with E-state index >= 15 is 0 Å². The zero-order chi connectivity index (χ0) is 13.1. The van der Waals surface area contributed by atoms with Crippen LogP contribution in [0, 0.1) is 0 Å². The van der Waals surface area contributed by atoms with E-state index in [-0.39, 0.29) is 0 Å². The molecule has 1 fully saturated rings. The Morgan fingerprint density at radius 1 is 1.39 bits per heavy atom. The summed E-state index contributed by atoms with van der Waals surface area (Å²) in [5, 5.41) is 3.02. The highest BCUT2D eigenvalue weighted by Crippen LogP contribution is 2.21. The maximum atomic E-state index is 5.75. The molecule has 1 aliphatic rings. The topological polar surface area (TPSA) is 70.3 Å². The largest absolute Gasteiger partial charge is 0.373 e. The maximum Gasteiger partial charge on any atom is 0.223 e. The molecule has 0 aliphatic carbocycles. The molecule has 0 bridgehead atoms. The Morgan fingerprint density at radius 2 is 2.17 bits per heavy atom. The molecule has 0 saturated carbocycles. The van der Waals surface area contributed by atoms with Gasteiger partial charge in [-0.3, -0.25) is 0 Å². The van der Waals surface area contributed by atoms with Gasteiger partial charge in [0.15, 0.2) is 0 Å². The quantitative estimate of drug-likeness (QED) is 0.802. The first kappa shape index (κ1) is 12.9. The van der Waals surface area contributed by atoms with Crippen LogP contribution >= 0.6 is 0 Å². The number of nitrogens with zero attached hydrogens (tertiary/aromatic N) is 4. The van der Waals surface area contributed by atoms with Gasteiger partial charge in [0.1, 0.15) is 11.6 Å². The zero-order valence-electron chi connectivity index (χ0n) is 11.3. The van der Waals surface area contributed by atoms with Gasteiger partial charge in [-0.1, -0.05) is 0 Å². The van der Waals surface area contributed by atoms with Gasteiger partial charge in [-0.25, -0.2) is 0 Å². The van der Waals surface area contributed by atoms with E-state index in [1.54, 1.807) is 0 Å². The third-order valence-electron chi connectivity index (χ3n) is 3.33. The minimum atomic E-state index is 0.321. The molecule has 2 heterocycles. The monoisotopic (exact) mass is 250 g/mol. The highest BCUT2D eigenvalue weighted by atomic mass is 15.3. The van der Waals surface area contributed by atoms with Crippen LogP contribution in [0.15, 0.2) is 6.07 Å². The van der Waals surface area contributed by atoms with E-state index in [0.717, 1.165) is 37.7 Å². The number of likely N-dealkylation sites (N-methyl/N-ethyl adjacent to an activating group) is 1. The SMILES string of the molecule is CNc1cc(N2CCCN(C)CC2C)nc(N)n1. The van der Waals surface area contributed by atoms with Crippen molar-refractivity contribution in [2.75, 3.05) is 49.7 Å². The van der Waals surface area contributed by atoms with Gasteiger partial charge < -0.3 is 20.9 Å². The maximum absolute atomic E-state index is 5.75. The van der Waals surface area contributed by atoms with Crippen LogP contribution < -0.4 is 16.0 Å². The molecule has 1 aromatic rings. The van der Waals surface area contributed by atoms with E-state index in [1.807, 2.05) is 13.1 Å². The van der Waals surface area contributed by atoms with Crippen molar-refractivity contribution < 1.29 is 0 Å². The van der Waals surface area contributed by atoms with Gasteiger partial charge in [0.25, 0.3) is 0 Å². The number of aromatic nitrogens is 2. The molecule has 18 heavy (non-hydrogen) atoms. The third-order valence-corrected chi connectivity index (χ3v) is 3.33. The lowest BCUT2D eigenvalue weighted by molar-refractivity contribution is 0.337. The van der Waals surface area contributed by atoms with Crippen LogP contribution in [0.25, 0.3) is 0 Å². The van der Waals surface area contributed by atoms with Gasteiger partial charge in [0, 0.05) is 32.2 Å². The van der Waals surface area contributed by atoms with Crippen LogP contribution in [0.2, 0.25) is 0 Å². The van der Waals surface area contributed by atoms with E-state index < -0.39 is 0 Å². The number of hydrogen-bond acceptors (Lipinski definition) is 6. The van der Waals surface area contributed by atoms with Crippen molar-refractivity contribution in [2.24, 2.45) is 0 Å². The zero-order valence-corrected chi connectivity index (χ0v) is 11.3. The van der Waals surface area contributed by atoms with Crippen molar-refractivity contribution in [1.82, 2.24) is 14.9 Å². The Labute approximate surface area is 108 Å². The van der Waals surface area contributed by atoms with Gasteiger partial charge in [0.2, 0.25) is 5.95 Å². The van der Waals surface area contributed by atoms with Crippen molar-refractivity contribution in [3.63, 3.8) is 0 Å². The molecule has 1 aromatic heterocycles. The standard InChI is InChI=1S/C12H22N6/c1-9-8-17(3)5-4-6-18(9)11-7-10(14-2)15-12(13)16-11/h7,9H,4-6,8H2,1-3H3,(H3,13,14,15,16). The van der Waals surface area contributed by atoms with E-state index in [1.165, 1.54) is 0 Å². The van der Waals surface area contributed by atoms with Gasteiger partial charge >= 0.3 is 0 Å². The van der Waals surface area contributed by atoms with Gasteiger partial charge in [0.05, 0.1) is 0 Å². The minimum Gasteiger partial charge on any atom is -0.373 e. The molecule has 1 atom stereocenters. The molecule has 0 aromatic carbocycles. The average molecular weight is 250 g/mol. The van der Waals surface area contributed by atoms with Gasteiger partial charge in [-0.2, -0.15) is 9.97 Å². The average Bonchev–Trinajstić information content (AvgIpc) is 2.49. The molecule has 1 aliphatic heterocycles. The summed E-state index contributed by atoms with van der Waals surface area (Å²) in [7, 11) is 4.00. The second-order valence-electron chi connectivity index (χ2n) is 4.88. The third kappa shape index (κ3) is 2.81. The van der Waals surface area contributed by atoms with Gasteiger partial charge in [-0.15, -0.1) is 0 Å². The van der Waals surface area contributed by atoms with Crippen LogP contribution in [0.4, 0.5) is 17.6 Å². The Balaban J connectivity index is 2.26. The fourth-order valence-corrected chi connectivity index (χ4v) is 2.44. The summed E-state index contributed by atoms with van der Waals surface area (Å²) >= 11 is 0. The Morgan fingerprint density at radius 3 is 2.89 bits per heavy atom. The van der Waals surface area contributed by atoms with E-state index in [2.05, 4.69) is 39.1 Å². The molecule has 1 unspecified atom stereocenters. The van der Waals surface area contributed by atoms with Crippen LogP contribution in [-0.2, 0) is 0 Å². The van der Waals surface area contributed by atoms with Crippen LogP contribution in [0.5, 0.6) is 0 Å². The van der Waals surface area contributed by atoms with Crippen LogP contribution in [0.1, 0.15) is 13.3 Å². The molecule has 6 nitrogen and oxygen atoms in total. The summed E-state index contributed by atoms with van der Waals surface area (Å²) < 4.78 is 0. The molecule has 0 amide bonds. The van der Waals surface area contributed by atoms with E-state index in [9.17, 15) is 0 Å². The molecule has 0 spiro atoms. The summed E-state index contributed by atoms with van der Waals surface area (Å²) in [5.74, 6) is 2.00. The van der Waals surface area contributed by atoms with Crippen molar-refractivity contribution in [1.29, 1.82) is 0 Å². The molecular weight excluding hydrogens is 228 g/mol. The molecule has 1 saturated heterocycles. The Kier molecular flexibility index (Phi) is 3.86. The molecule has 6 heteroatoms. The fraction of sp³-hybridized carbons (Fsp3) is 0.667. The first-order valence-corrected chi connectivity index (χ1v) is 6.37. The Bertz CT molecular complexity index is 408. The first-order chi connectivity index (χ1) is 8.60. The predicted octanol–water partition coefficient (Wildman–Crippen LogP) is 0.631. The summed E-state index contributed by atoms with van der Waals surface area (Å²) in [6, 6.07) is 2.38. The smallest absolute Gasteiger partial charge is 0.223 e. The number of nitrogens with one attached hydrogen (secondary N) is 1.